The first-order chi connectivity index (χ1) is 11.8. The van der Waals surface area contributed by atoms with Crippen molar-refractivity contribution >= 4 is 28.4 Å². The quantitative estimate of drug-likeness (QED) is 0.765. The Balaban J connectivity index is 1.73. The Hall–Kier alpha value is -2.62. The van der Waals surface area contributed by atoms with Gasteiger partial charge in [-0.3, -0.25) is 0 Å². The highest BCUT2D eigenvalue weighted by Gasteiger charge is 2.19. The minimum atomic E-state index is 0.795. The molecule has 3 aromatic rings. The highest BCUT2D eigenvalue weighted by Crippen LogP contribution is 2.28. The molecule has 4 nitrogen and oxygen atoms in total. The zero-order valence-electron chi connectivity index (χ0n) is 13.9. The maximum Gasteiger partial charge on any atom is 0.227 e. The summed E-state index contributed by atoms with van der Waals surface area (Å²) in [7, 11) is 0. The fraction of sp³-hybridized carbons (Fsp3) is 0.300. The average molecular weight is 318 g/mol. The SMILES string of the molecule is CC1CCN(c2nc(Nc3ccccc3)c3ccccc3n2)CC1. The van der Waals surface area contributed by atoms with E-state index in [2.05, 4.69) is 41.4 Å². The average Bonchev–Trinajstić information content (AvgIpc) is 2.63. The van der Waals surface area contributed by atoms with Crippen LogP contribution >= 0.6 is 0 Å². The molecule has 24 heavy (non-hydrogen) atoms. The first kappa shape index (κ1) is 14.9. The highest BCUT2D eigenvalue weighted by molar-refractivity contribution is 5.91. The zero-order chi connectivity index (χ0) is 16.4. The number of hydrogen-bond acceptors (Lipinski definition) is 4. The minimum Gasteiger partial charge on any atom is -0.341 e. The molecule has 0 aliphatic carbocycles. The molecule has 4 rings (SSSR count). The van der Waals surface area contributed by atoms with Gasteiger partial charge in [0.2, 0.25) is 5.95 Å². The molecule has 1 fully saturated rings. The molecule has 1 aliphatic heterocycles. The van der Waals surface area contributed by atoms with E-state index in [4.69, 9.17) is 9.97 Å². The van der Waals surface area contributed by atoms with Crippen molar-refractivity contribution < 1.29 is 0 Å². The molecular formula is C20H22N4. The van der Waals surface area contributed by atoms with E-state index in [0.717, 1.165) is 47.4 Å². The lowest BCUT2D eigenvalue weighted by Crippen LogP contribution is -2.34. The molecule has 0 bridgehead atoms. The van der Waals surface area contributed by atoms with Gasteiger partial charge in [-0.05, 0) is 43.0 Å². The molecule has 1 saturated heterocycles. The van der Waals surface area contributed by atoms with Crippen molar-refractivity contribution in [1.82, 2.24) is 9.97 Å². The summed E-state index contributed by atoms with van der Waals surface area (Å²) in [6, 6.07) is 18.4. The number of benzene rings is 2. The number of rotatable bonds is 3. The van der Waals surface area contributed by atoms with Gasteiger partial charge in [-0.15, -0.1) is 0 Å². The summed E-state index contributed by atoms with van der Waals surface area (Å²) < 4.78 is 0. The third-order valence-electron chi connectivity index (χ3n) is 4.69. The van der Waals surface area contributed by atoms with Gasteiger partial charge in [-0.2, -0.15) is 4.98 Å². The molecule has 0 spiro atoms. The van der Waals surface area contributed by atoms with Crippen molar-refractivity contribution in [2.45, 2.75) is 19.8 Å². The predicted octanol–water partition coefficient (Wildman–Crippen LogP) is 4.61. The van der Waals surface area contributed by atoms with Gasteiger partial charge in [-0.1, -0.05) is 37.3 Å². The summed E-state index contributed by atoms with van der Waals surface area (Å²) in [5.74, 6) is 2.50. The van der Waals surface area contributed by atoms with E-state index in [0.29, 0.717) is 0 Å². The van der Waals surface area contributed by atoms with Crippen LogP contribution in [0.3, 0.4) is 0 Å². The van der Waals surface area contributed by atoms with Crippen LogP contribution in [0.2, 0.25) is 0 Å². The van der Waals surface area contributed by atoms with Gasteiger partial charge in [0.25, 0.3) is 0 Å². The van der Waals surface area contributed by atoms with Gasteiger partial charge in [0, 0.05) is 24.2 Å². The van der Waals surface area contributed by atoms with E-state index in [1.165, 1.54) is 12.8 Å². The molecule has 1 aliphatic rings. The Morgan fingerprint density at radius 1 is 0.917 bits per heavy atom. The predicted molar refractivity (Wildman–Crippen MR) is 99.9 cm³/mol. The lowest BCUT2D eigenvalue weighted by Gasteiger charge is -2.30. The molecule has 2 aromatic carbocycles. The second-order valence-electron chi connectivity index (χ2n) is 6.55. The third kappa shape index (κ3) is 3.04. The van der Waals surface area contributed by atoms with Crippen LogP contribution in [0.25, 0.3) is 10.9 Å². The van der Waals surface area contributed by atoms with Crippen molar-refractivity contribution in [1.29, 1.82) is 0 Å². The fourth-order valence-electron chi connectivity index (χ4n) is 3.17. The summed E-state index contributed by atoms with van der Waals surface area (Å²) in [5.41, 5.74) is 2.03. The minimum absolute atomic E-state index is 0.795. The molecule has 0 radical (unpaired) electrons. The smallest absolute Gasteiger partial charge is 0.227 e. The largest absolute Gasteiger partial charge is 0.341 e. The maximum atomic E-state index is 4.85. The molecule has 0 unspecified atom stereocenters. The van der Waals surface area contributed by atoms with Crippen LogP contribution in [0.1, 0.15) is 19.8 Å². The lowest BCUT2D eigenvalue weighted by molar-refractivity contribution is 0.435. The summed E-state index contributed by atoms with van der Waals surface area (Å²) in [6.07, 6.45) is 2.41. The van der Waals surface area contributed by atoms with E-state index in [-0.39, 0.29) is 0 Å². The number of nitrogens with one attached hydrogen (secondary N) is 1. The van der Waals surface area contributed by atoms with Gasteiger partial charge < -0.3 is 10.2 Å². The molecule has 1 N–H and O–H groups in total. The Bertz CT molecular complexity index is 823. The van der Waals surface area contributed by atoms with Crippen LogP contribution in [0.5, 0.6) is 0 Å². The molecule has 4 heteroatoms. The summed E-state index contributed by atoms with van der Waals surface area (Å²) in [6.45, 7) is 4.38. The number of aromatic nitrogens is 2. The lowest BCUT2D eigenvalue weighted by atomic mass is 10.00. The van der Waals surface area contributed by atoms with Gasteiger partial charge in [0.15, 0.2) is 0 Å². The third-order valence-corrected chi connectivity index (χ3v) is 4.69. The molecule has 0 atom stereocenters. The van der Waals surface area contributed by atoms with Crippen LogP contribution in [-0.2, 0) is 0 Å². The van der Waals surface area contributed by atoms with Gasteiger partial charge in [-0.25, -0.2) is 4.98 Å². The van der Waals surface area contributed by atoms with Crippen LogP contribution in [0.4, 0.5) is 17.5 Å². The van der Waals surface area contributed by atoms with Gasteiger partial charge in [0.1, 0.15) is 5.82 Å². The Morgan fingerprint density at radius 2 is 1.62 bits per heavy atom. The molecule has 122 valence electrons. The molecular weight excluding hydrogens is 296 g/mol. The second-order valence-corrected chi connectivity index (χ2v) is 6.55. The summed E-state index contributed by atoms with van der Waals surface area (Å²) in [4.78, 5) is 12.0. The Labute approximate surface area is 142 Å². The second kappa shape index (κ2) is 6.48. The van der Waals surface area contributed by atoms with Crippen LogP contribution in [0, 0.1) is 5.92 Å². The van der Waals surface area contributed by atoms with E-state index in [9.17, 15) is 0 Å². The monoisotopic (exact) mass is 318 g/mol. The number of para-hydroxylation sites is 2. The van der Waals surface area contributed by atoms with Crippen LogP contribution in [0.15, 0.2) is 54.6 Å². The highest BCUT2D eigenvalue weighted by atomic mass is 15.3. The summed E-state index contributed by atoms with van der Waals surface area (Å²) >= 11 is 0. The van der Waals surface area contributed by atoms with Gasteiger partial charge >= 0.3 is 0 Å². The zero-order valence-corrected chi connectivity index (χ0v) is 13.9. The van der Waals surface area contributed by atoms with Crippen molar-refractivity contribution in [3.8, 4) is 0 Å². The number of hydrogen-bond donors (Lipinski definition) is 1. The van der Waals surface area contributed by atoms with E-state index in [1.54, 1.807) is 0 Å². The molecule has 1 aromatic heterocycles. The first-order valence-electron chi connectivity index (χ1n) is 8.63. The van der Waals surface area contributed by atoms with Crippen molar-refractivity contribution in [3.05, 3.63) is 54.6 Å². The van der Waals surface area contributed by atoms with E-state index >= 15 is 0 Å². The number of anilines is 3. The molecule has 0 saturated carbocycles. The summed E-state index contributed by atoms with van der Waals surface area (Å²) in [5, 5.41) is 4.51. The Morgan fingerprint density at radius 3 is 2.42 bits per heavy atom. The number of piperidine rings is 1. The van der Waals surface area contributed by atoms with Crippen molar-refractivity contribution in [3.63, 3.8) is 0 Å². The van der Waals surface area contributed by atoms with Crippen LogP contribution < -0.4 is 10.2 Å². The van der Waals surface area contributed by atoms with E-state index < -0.39 is 0 Å². The normalized spacial score (nSPS) is 15.6. The number of fused-ring (bicyclic) bond motifs is 1. The standard InChI is InChI=1S/C20H22N4/c1-15-11-13-24(14-12-15)20-22-18-10-6-5-9-17(18)19(23-20)21-16-7-3-2-4-8-16/h2-10,15H,11-14H2,1H3,(H,21,22,23). The van der Waals surface area contributed by atoms with E-state index in [1.807, 2.05) is 30.3 Å². The van der Waals surface area contributed by atoms with Crippen molar-refractivity contribution in [2.24, 2.45) is 5.92 Å². The molecule has 0 amide bonds. The number of nitrogens with zero attached hydrogens (tertiary/aromatic N) is 3. The Kier molecular flexibility index (Phi) is 4.03. The first-order valence-corrected chi connectivity index (χ1v) is 8.63. The van der Waals surface area contributed by atoms with Gasteiger partial charge in [0.05, 0.1) is 5.52 Å². The molecule has 2 heterocycles. The van der Waals surface area contributed by atoms with Crippen LogP contribution in [-0.4, -0.2) is 23.1 Å². The van der Waals surface area contributed by atoms with Crippen molar-refractivity contribution in [2.75, 3.05) is 23.3 Å². The maximum absolute atomic E-state index is 4.85. The fourth-order valence-corrected chi connectivity index (χ4v) is 3.17. The topological polar surface area (TPSA) is 41.1 Å².